The fourth-order valence-corrected chi connectivity index (χ4v) is 10.1. The quantitative estimate of drug-likeness (QED) is 0.0197. The Bertz CT molecular complexity index is 1570. The first-order chi connectivity index (χ1) is 39.2. The molecule has 0 aromatic rings. The van der Waals surface area contributed by atoms with Gasteiger partial charge in [0.2, 0.25) is 0 Å². The molecule has 0 saturated carbocycles. The zero-order valence-corrected chi connectivity index (χ0v) is 52.7. The molecule has 11 nitrogen and oxygen atoms in total. The topological polar surface area (TPSA) is 155 Å². The van der Waals surface area contributed by atoms with Crippen molar-refractivity contribution >= 4 is 25.7 Å². The van der Waals surface area contributed by atoms with Gasteiger partial charge in [0.15, 0.2) is 6.10 Å². The third-order valence-electron chi connectivity index (χ3n) is 14.4. The Morgan fingerprint density at radius 2 is 0.613 bits per heavy atom. The Morgan fingerprint density at radius 3 is 0.963 bits per heavy atom. The molecule has 0 radical (unpaired) electrons. The van der Waals surface area contributed by atoms with E-state index in [0.29, 0.717) is 19.3 Å². The Balaban J connectivity index is 4.69. The summed E-state index contributed by atoms with van der Waals surface area (Å²) >= 11 is 0. The van der Waals surface area contributed by atoms with Gasteiger partial charge in [-0.2, -0.15) is 0 Å². The van der Waals surface area contributed by atoms with Crippen molar-refractivity contribution in [3.05, 3.63) is 60.8 Å². The number of esters is 3. The number of aliphatic hydroxyl groups is 1. The highest BCUT2D eigenvalue weighted by atomic mass is 31.2. The molecule has 0 spiro atoms. The summed E-state index contributed by atoms with van der Waals surface area (Å²) in [5, 5.41) is 9.86. The number of hydrogen-bond donors (Lipinski definition) is 2. The summed E-state index contributed by atoms with van der Waals surface area (Å²) in [6, 6.07) is 0. The molecule has 0 heterocycles. The zero-order chi connectivity index (χ0) is 58.3. The minimum atomic E-state index is -4.76. The predicted octanol–water partition coefficient (Wildman–Crippen LogP) is 20.3. The van der Waals surface area contributed by atoms with Crippen LogP contribution in [0, 0.1) is 0 Å². The van der Waals surface area contributed by atoms with Crippen molar-refractivity contribution in [2.75, 3.05) is 26.4 Å². The summed E-state index contributed by atoms with van der Waals surface area (Å²) in [5.74, 6) is -1.46. The van der Waals surface area contributed by atoms with Crippen LogP contribution in [0.3, 0.4) is 0 Å². The molecule has 0 aliphatic heterocycles. The molecule has 0 rings (SSSR count). The van der Waals surface area contributed by atoms with Crippen LogP contribution in [0.25, 0.3) is 0 Å². The van der Waals surface area contributed by atoms with Crippen LogP contribution in [-0.2, 0) is 42.2 Å². The van der Waals surface area contributed by atoms with E-state index in [0.717, 1.165) is 96.3 Å². The van der Waals surface area contributed by atoms with Crippen LogP contribution in [0.15, 0.2) is 60.8 Å². The molecule has 12 heteroatoms. The second kappa shape index (κ2) is 62.2. The van der Waals surface area contributed by atoms with E-state index < -0.39 is 57.8 Å². The highest BCUT2D eigenvalue weighted by Crippen LogP contribution is 2.43. The molecule has 0 amide bonds. The van der Waals surface area contributed by atoms with Gasteiger partial charge in [-0.25, -0.2) is 4.57 Å². The van der Waals surface area contributed by atoms with Gasteiger partial charge in [0.25, 0.3) is 0 Å². The van der Waals surface area contributed by atoms with Crippen LogP contribution in [0.1, 0.15) is 316 Å². The monoisotopic (exact) mass is 1150 g/mol. The largest absolute Gasteiger partial charge is 0.472 e. The number of phosphoric acid groups is 1. The van der Waals surface area contributed by atoms with Crippen LogP contribution >= 0.6 is 7.82 Å². The van der Waals surface area contributed by atoms with Crippen LogP contribution in [0.4, 0.5) is 0 Å². The van der Waals surface area contributed by atoms with Gasteiger partial charge in [-0.1, -0.05) is 248 Å². The SMILES string of the molecule is CCCCC/C=C\C/C=C\CCCCCCCCCCCC(=O)OC(COC(=O)CCCCCCCCC/C=C\CCCCCCCC)COP(=O)(O)OCC(CO)OC(=O)CCCCCCCCC/C=C\C/C=C\CCCCC. The standard InChI is InChI=1S/C68H123O11P/c1-4-7-10-13-16-19-22-25-28-31-32-35-38-41-44-47-50-53-56-59-68(72)79-65(61-75-66(70)57-54-51-48-45-42-39-36-33-29-26-23-20-17-14-11-8-5-2)63-77-80(73,74)76-62-64(60-69)78-67(71)58-55-52-49-46-43-40-37-34-30-27-24-21-18-15-12-9-6-3/h16,18-19,21,25-30,64-65,69H,4-15,17,20,22-24,31-63H2,1-3H3,(H,73,74)/b19-16-,21-18-,28-25-,29-26-,30-27-. The summed E-state index contributed by atoms with van der Waals surface area (Å²) < 4.78 is 39.7. The van der Waals surface area contributed by atoms with Crippen molar-refractivity contribution < 1.29 is 52.2 Å². The smallest absolute Gasteiger partial charge is 0.462 e. The lowest BCUT2D eigenvalue weighted by atomic mass is 10.1. The van der Waals surface area contributed by atoms with E-state index >= 15 is 0 Å². The average Bonchev–Trinajstić information content (AvgIpc) is 3.45. The minimum absolute atomic E-state index is 0.162. The van der Waals surface area contributed by atoms with E-state index in [-0.39, 0.29) is 25.9 Å². The molecule has 466 valence electrons. The predicted molar refractivity (Wildman–Crippen MR) is 335 cm³/mol. The van der Waals surface area contributed by atoms with E-state index in [4.69, 9.17) is 23.3 Å². The third kappa shape index (κ3) is 59.8. The van der Waals surface area contributed by atoms with Crippen LogP contribution in [0.2, 0.25) is 0 Å². The molecule has 3 atom stereocenters. The Labute approximate surface area is 491 Å². The number of phosphoric ester groups is 1. The van der Waals surface area contributed by atoms with Crippen molar-refractivity contribution in [3.63, 3.8) is 0 Å². The molecule has 0 aliphatic rings. The van der Waals surface area contributed by atoms with E-state index in [1.54, 1.807) is 0 Å². The van der Waals surface area contributed by atoms with Crippen molar-refractivity contribution in [2.45, 2.75) is 328 Å². The zero-order valence-electron chi connectivity index (χ0n) is 51.8. The maximum atomic E-state index is 13.0. The Hall–Kier alpha value is -2.82. The van der Waals surface area contributed by atoms with Crippen molar-refractivity contribution in [2.24, 2.45) is 0 Å². The minimum Gasteiger partial charge on any atom is -0.462 e. The van der Waals surface area contributed by atoms with Gasteiger partial charge in [0.1, 0.15) is 12.7 Å². The van der Waals surface area contributed by atoms with Crippen molar-refractivity contribution in [3.8, 4) is 0 Å². The van der Waals surface area contributed by atoms with Gasteiger partial charge in [-0.05, 0) is 109 Å². The number of rotatable bonds is 62. The maximum absolute atomic E-state index is 13.0. The van der Waals surface area contributed by atoms with E-state index in [2.05, 4.69) is 81.5 Å². The third-order valence-corrected chi connectivity index (χ3v) is 15.3. The summed E-state index contributed by atoms with van der Waals surface area (Å²) in [5.41, 5.74) is 0. The average molecular weight is 1150 g/mol. The number of aliphatic hydroxyl groups excluding tert-OH is 1. The second-order valence-electron chi connectivity index (χ2n) is 22.3. The lowest BCUT2D eigenvalue weighted by Gasteiger charge is -2.21. The molecule has 3 unspecified atom stereocenters. The lowest BCUT2D eigenvalue weighted by molar-refractivity contribution is -0.161. The fraction of sp³-hybridized carbons (Fsp3) is 0.809. The summed E-state index contributed by atoms with van der Waals surface area (Å²) in [7, 11) is -4.76. The summed E-state index contributed by atoms with van der Waals surface area (Å²) in [4.78, 5) is 48.8. The fourth-order valence-electron chi connectivity index (χ4n) is 9.30. The molecule has 0 bridgehead atoms. The number of hydrogen-bond acceptors (Lipinski definition) is 10. The molecule has 0 aromatic carbocycles. The van der Waals surface area contributed by atoms with Gasteiger partial charge in [0.05, 0.1) is 19.8 Å². The number of carbonyl (C=O) groups excluding carboxylic acids is 3. The molecule has 0 aromatic heterocycles. The maximum Gasteiger partial charge on any atom is 0.472 e. The normalized spacial score (nSPS) is 13.6. The van der Waals surface area contributed by atoms with Crippen LogP contribution in [0.5, 0.6) is 0 Å². The van der Waals surface area contributed by atoms with Gasteiger partial charge in [-0.3, -0.25) is 23.4 Å². The molecule has 0 saturated heterocycles. The lowest BCUT2D eigenvalue weighted by Crippen LogP contribution is -2.30. The molecule has 0 fully saturated rings. The Kier molecular flexibility index (Phi) is 60.0. The molecular formula is C68H123O11P. The number of ether oxygens (including phenoxy) is 3. The summed E-state index contributed by atoms with van der Waals surface area (Å²) in [6.07, 6.45) is 70.2. The highest BCUT2D eigenvalue weighted by Gasteiger charge is 2.28. The number of allylic oxidation sites excluding steroid dienone is 10. The van der Waals surface area contributed by atoms with Gasteiger partial charge < -0.3 is 24.2 Å². The first-order valence-corrected chi connectivity index (χ1v) is 34.7. The first kappa shape index (κ1) is 77.2. The van der Waals surface area contributed by atoms with Gasteiger partial charge in [0, 0.05) is 19.3 Å². The Morgan fingerprint density at radius 1 is 0.350 bits per heavy atom. The number of carbonyl (C=O) groups is 3. The van der Waals surface area contributed by atoms with Gasteiger partial charge >= 0.3 is 25.7 Å². The van der Waals surface area contributed by atoms with Crippen molar-refractivity contribution in [1.82, 2.24) is 0 Å². The van der Waals surface area contributed by atoms with E-state index in [9.17, 15) is 28.9 Å². The second-order valence-corrected chi connectivity index (χ2v) is 23.7. The van der Waals surface area contributed by atoms with Crippen LogP contribution in [-0.4, -0.2) is 66.5 Å². The highest BCUT2D eigenvalue weighted by molar-refractivity contribution is 7.47. The molecular weight excluding hydrogens is 1020 g/mol. The molecule has 2 N–H and O–H groups in total. The van der Waals surface area contributed by atoms with Crippen molar-refractivity contribution in [1.29, 1.82) is 0 Å². The molecule has 80 heavy (non-hydrogen) atoms. The van der Waals surface area contributed by atoms with Gasteiger partial charge in [-0.15, -0.1) is 0 Å². The first-order valence-electron chi connectivity index (χ1n) is 33.2. The van der Waals surface area contributed by atoms with Crippen LogP contribution < -0.4 is 0 Å². The molecule has 0 aliphatic carbocycles. The van der Waals surface area contributed by atoms with E-state index in [1.807, 2.05) is 0 Å². The van der Waals surface area contributed by atoms with E-state index in [1.165, 1.54) is 161 Å². The number of unbranched alkanes of at least 4 members (excludes halogenated alkanes) is 35. The summed E-state index contributed by atoms with van der Waals surface area (Å²) in [6.45, 7) is 4.63.